The second kappa shape index (κ2) is 14.1. The molecule has 0 unspecified atom stereocenters. The first kappa shape index (κ1) is 32.3. The van der Waals surface area contributed by atoms with Crippen molar-refractivity contribution in [3.63, 3.8) is 0 Å². The van der Waals surface area contributed by atoms with Crippen molar-refractivity contribution in [2.24, 2.45) is 11.5 Å². The van der Waals surface area contributed by atoms with Crippen molar-refractivity contribution in [1.29, 1.82) is 0 Å². The first-order chi connectivity index (χ1) is 20.4. The van der Waals surface area contributed by atoms with Gasteiger partial charge in [-0.2, -0.15) is 0 Å². The second-order valence-electron chi connectivity index (χ2n) is 8.94. The molecule has 0 saturated carbocycles. The van der Waals surface area contributed by atoms with Gasteiger partial charge in [0.25, 0.3) is 0 Å². The smallest absolute Gasteiger partial charge is 0.248 e. The fourth-order valence-corrected chi connectivity index (χ4v) is 3.74. The number of hydrogen-bond donors (Lipinski definition) is 3. The molecule has 0 spiro atoms. The molecule has 12 heteroatoms. The SMILES string of the molecule is CCc1cc(O)c(Oc2ccc(C(N)=O)cc2F)cc1F.CCc1cc(OC)c(Oc2ccc(C(N)=O)cc2F)cc1F. The van der Waals surface area contributed by atoms with Crippen molar-refractivity contribution in [3.05, 3.63) is 106 Å². The Bertz CT molecular complexity index is 1660. The van der Waals surface area contributed by atoms with Crippen LogP contribution in [0.5, 0.6) is 34.5 Å². The van der Waals surface area contributed by atoms with E-state index in [9.17, 15) is 32.3 Å². The molecular weight excluding hydrogens is 572 g/mol. The highest BCUT2D eigenvalue weighted by Crippen LogP contribution is 2.36. The zero-order valence-corrected chi connectivity index (χ0v) is 23.3. The van der Waals surface area contributed by atoms with Crippen molar-refractivity contribution in [3.8, 4) is 34.5 Å². The minimum absolute atomic E-state index is 0.0171. The molecule has 0 aliphatic heterocycles. The lowest BCUT2D eigenvalue weighted by Crippen LogP contribution is -2.11. The quantitative estimate of drug-likeness (QED) is 0.187. The summed E-state index contributed by atoms with van der Waals surface area (Å²) in [6, 6.07) is 11.7. The third-order valence-electron chi connectivity index (χ3n) is 6.10. The number of carbonyl (C=O) groups excluding carboxylic acids is 2. The number of carbonyl (C=O) groups is 2. The lowest BCUT2D eigenvalue weighted by molar-refractivity contribution is 0.0991. The van der Waals surface area contributed by atoms with E-state index < -0.39 is 35.1 Å². The van der Waals surface area contributed by atoms with E-state index in [0.717, 1.165) is 24.3 Å². The first-order valence-corrected chi connectivity index (χ1v) is 12.8. The number of phenols is 1. The number of primary amides is 2. The maximum atomic E-state index is 13.9. The second-order valence-corrected chi connectivity index (χ2v) is 8.94. The highest BCUT2D eigenvalue weighted by atomic mass is 19.1. The maximum Gasteiger partial charge on any atom is 0.248 e. The number of benzene rings is 4. The number of aryl methyl sites for hydroxylation is 2. The highest BCUT2D eigenvalue weighted by molar-refractivity contribution is 5.93. The van der Waals surface area contributed by atoms with Crippen LogP contribution in [0.4, 0.5) is 17.6 Å². The molecule has 0 fully saturated rings. The Morgan fingerprint density at radius 3 is 1.49 bits per heavy atom. The monoisotopic (exact) mass is 600 g/mol. The van der Waals surface area contributed by atoms with Gasteiger partial charge in [0.15, 0.2) is 46.1 Å². The zero-order chi connectivity index (χ0) is 31.8. The molecule has 8 nitrogen and oxygen atoms in total. The van der Waals surface area contributed by atoms with E-state index in [0.29, 0.717) is 24.0 Å². The third-order valence-corrected chi connectivity index (χ3v) is 6.10. The van der Waals surface area contributed by atoms with Crippen LogP contribution in [0.15, 0.2) is 60.7 Å². The van der Waals surface area contributed by atoms with Crippen LogP contribution in [0.2, 0.25) is 0 Å². The Balaban J connectivity index is 0.000000236. The lowest BCUT2D eigenvalue weighted by Gasteiger charge is -2.13. The molecule has 4 aromatic rings. The standard InChI is InChI=1S/C16H15F2NO3.C15H13F2NO3/c1-3-9-7-14(21-2)15(8-11(9)17)22-13-5-4-10(16(19)20)6-12(13)18;1-2-8-6-12(19)14(7-10(8)16)21-13-4-3-9(15(18)20)5-11(13)17/h4-8H,3H2,1-2H3,(H2,19,20);3-7,19H,2H2,1H3,(H2,18,20). The van der Waals surface area contributed by atoms with E-state index in [1.54, 1.807) is 13.8 Å². The molecule has 0 bridgehead atoms. The predicted octanol–water partition coefficient (Wildman–Crippen LogP) is 6.55. The molecule has 4 aromatic carbocycles. The molecule has 0 aliphatic carbocycles. The molecule has 0 radical (unpaired) electrons. The minimum atomic E-state index is -0.842. The first-order valence-electron chi connectivity index (χ1n) is 12.8. The summed E-state index contributed by atoms with van der Waals surface area (Å²) < 4.78 is 70.8. The summed E-state index contributed by atoms with van der Waals surface area (Å²) in [4.78, 5) is 21.9. The summed E-state index contributed by atoms with van der Waals surface area (Å²) in [5, 5.41) is 9.75. The van der Waals surface area contributed by atoms with E-state index in [1.807, 2.05) is 0 Å². The molecule has 43 heavy (non-hydrogen) atoms. The van der Waals surface area contributed by atoms with Crippen LogP contribution in [0.3, 0.4) is 0 Å². The Hall–Kier alpha value is -5.26. The van der Waals surface area contributed by atoms with Gasteiger partial charge in [-0.25, -0.2) is 17.6 Å². The number of hydrogen-bond acceptors (Lipinski definition) is 6. The van der Waals surface area contributed by atoms with Gasteiger partial charge in [-0.05, 0) is 72.5 Å². The van der Waals surface area contributed by atoms with E-state index in [4.69, 9.17) is 25.7 Å². The van der Waals surface area contributed by atoms with Gasteiger partial charge in [0.1, 0.15) is 11.6 Å². The van der Waals surface area contributed by atoms with Crippen molar-refractivity contribution in [1.82, 2.24) is 0 Å². The summed E-state index contributed by atoms with van der Waals surface area (Å²) in [6.07, 6.45) is 0.894. The molecule has 226 valence electrons. The molecular formula is C31H28F4N2O6. The average Bonchev–Trinajstić information content (AvgIpc) is 2.97. The van der Waals surface area contributed by atoms with Crippen LogP contribution in [0.25, 0.3) is 0 Å². The molecule has 2 amide bonds. The van der Waals surface area contributed by atoms with Gasteiger partial charge < -0.3 is 30.8 Å². The number of methoxy groups -OCH3 is 1. The number of nitrogens with two attached hydrogens (primary N) is 2. The molecule has 0 saturated heterocycles. The van der Waals surface area contributed by atoms with Crippen LogP contribution in [0, 0.1) is 23.3 Å². The molecule has 0 aromatic heterocycles. The van der Waals surface area contributed by atoms with Gasteiger partial charge in [0, 0.05) is 23.3 Å². The van der Waals surface area contributed by atoms with E-state index in [1.165, 1.54) is 43.5 Å². The zero-order valence-electron chi connectivity index (χ0n) is 23.3. The van der Waals surface area contributed by atoms with Crippen LogP contribution >= 0.6 is 0 Å². The molecule has 4 rings (SSSR count). The predicted molar refractivity (Wildman–Crippen MR) is 150 cm³/mol. The molecule has 0 atom stereocenters. The number of amides is 2. The Kier molecular flexibility index (Phi) is 10.6. The summed E-state index contributed by atoms with van der Waals surface area (Å²) >= 11 is 0. The van der Waals surface area contributed by atoms with Crippen molar-refractivity contribution >= 4 is 11.8 Å². The average molecular weight is 601 g/mol. The summed E-state index contributed by atoms with van der Waals surface area (Å²) in [5.74, 6) is -4.76. The van der Waals surface area contributed by atoms with Gasteiger partial charge in [-0.1, -0.05) is 13.8 Å². The lowest BCUT2D eigenvalue weighted by atomic mass is 10.1. The molecule has 0 aliphatic rings. The number of rotatable bonds is 9. The van der Waals surface area contributed by atoms with Crippen molar-refractivity contribution in [2.75, 3.05) is 7.11 Å². The van der Waals surface area contributed by atoms with Crippen molar-refractivity contribution < 1.29 is 46.5 Å². The van der Waals surface area contributed by atoms with Gasteiger partial charge >= 0.3 is 0 Å². The van der Waals surface area contributed by atoms with Crippen LogP contribution in [0.1, 0.15) is 45.7 Å². The Labute approximate surface area is 244 Å². The van der Waals surface area contributed by atoms with E-state index >= 15 is 0 Å². The number of ether oxygens (including phenoxy) is 3. The summed E-state index contributed by atoms with van der Waals surface area (Å²) in [7, 11) is 1.41. The summed E-state index contributed by atoms with van der Waals surface area (Å²) in [5.41, 5.74) is 10.9. The number of phenolic OH excluding ortho intramolecular Hbond substituents is 1. The molecule has 0 heterocycles. The Morgan fingerprint density at radius 2 is 1.07 bits per heavy atom. The van der Waals surface area contributed by atoms with Crippen LogP contribution in [-0.4, -0.2) is 24.0 Å². The van der Waals surface area contributed by atoms with E-state index in [2.05, 4.69) is 0 Å². The largest absolute Gasteiger partial charge is 0.504 e. The van der Waals surface area contributed by atoms with Crippen LogP contribution < -0.4 is 25.7 Å². The third kappa shape index (κ3) is 7.94. The number of aromatic hydroxyl groups is 1. The Morgan fingerprint density at radius 1 is 0.628 bits per heavy atom. The number of halogens is 4. The highest BCUT2D eigenvalue weighted by Gasteiger charge is 2.16. The topological polar surface area (TPSA) is 134 Å². The fraction of sp³-hybridized carbons (Fsp3) is 0.161. The fourth-order valence-electron chi connectivity index (χ4n) is 3.74. The minimum Gasteiger partial charge on any atom is -0.504 e. The van der Waals surface area contributed by atoms with Gasteiger partial charge in [-0.3, -0.25) is 9.59 Å². The summed E-state index contributed by atoms with van der Waals surface area (Å²) in [6.45, 7) is 3.54. The van der Waals surface area contributed by atoms with Gasteiger partial charge in [0.2, 0.25) is 11.8 Å². The van der Waals surface area contributed by atoms with Gasteiger partial charge in [0.05, 0.1) is 7.11 Å². The van der Waals surface area contributed by atoms with Crippen molar-refractivity contribution in [2.45, 2.75) is 26.7 Å². The van der Waals surface area contributed by atoms with E-state index in [-0.39, 0.29) is 45.6 Å². The maximum absolute atomic E-state index is 13.9. The van der Waals surface area contributed by atoms with Crippen LogP contribution in [-0.2, 0) is 12.8 Å². The normalized spacial score (nSPS) is 10.4. The molecule has 5 N–H and O–H groups in total. The van der Waals surface area contributed by atoms with Gasteiger partial charge in [-0.15, -0.1) is 0 Å².